The number of hydrogen-bond acceptors (Lipinski definition) is 3. The van der Waals surface area contributed by atoms with Gasteiger partial charge in [-0.2, -0.15) is 0 Å². The molecular weight excluding hydrogens is 274 g/mol. The van der Waals surface area contributed by atoms with Crippen molar-refractivity contribution in [3.8, 4) is 5.75 Å². The molecule has 0 saturated heterocycles. The van der Waals surface area contributed by atoms with Crippen molar-refractivity contribution in [2.75, 3.05) is 6.61 Å². The van der Waals surface area contributed by atoms with Gasteiger partial charge in [-0.15, -0.1) is 0 Å². The maximum absolute atomic E-state index is 11.4. The van der Waals surface area contributed by atoms with Crippen LogP contribution in [0.2, 0.25) is 5.02 Å². The number of ether oxygens (including phenoxy) is 1. The van der Waals surface area contributed by atoms with Crippen molar-refractivity contribution in [3.05, 3.63) is 23.2 Å². The second-order valence-corrected chi connectivity index (χ2v) is 6.56. The fourth-order valence-electron chi connectivity index (χ4n) is 2.21. The molecule has 0 amide bonds. The molecule has 0 spiro atoms. The molecule has 1 fully saturated rings. The Morgan fingerprint density at radius 1 is 1.33 bits per heavy atom. The molecule has 0 aromatic heterocycles. The van der Waals surface area contributed by atoms with E-state index in [4.69, 9.17) is 21.5 Å². The molecular formula is C12H16ClNO3S. The van der Waals surface area contributed by atoms with E-state index in [1.54, 1.807) is 12.1 Å². The number of benzene rings is 1. The summed E-state index contributed by atoms with van der Waals surface area (Å²) in [6.07, 6.45) is 4.71. The predicted octanol–water partition coefficient (Wildman–Crippen LogP) is 2.56. The van der Waals surface area contributed by atoms with E-state index in [0.717, 1.165) is 12.8 Å². The van der Waals surface area contributed by atoms with Crippen LogP contribution in [0.4, 0.5) is 0 Å². The van der Waals surface area contributed by atoms with Gasteiger partial charge in [0.2, 0.25) is 10.0 Å². The van der Waals surface area contributed by atoms with Crippen LogP contribution >= 0.6 is 11.6 Å². The molecule has 1 aromatic carbocycles. The third-order valence-electron chi connectivity index (χ3n) is 3.16. The molecule has 6 heteroatoms. The lowest BCUT2D eigenvalue weighted by atomic mass is 10.1. The molecule has 0 bridgehead atoms. The Balaban J connectivity index is 2.16. The van der Waals surface area contributed by atoms with Crippen molar-refractivity contribution in [1.82, 2.24) is 0 Å². The average Bonchev–Trinajstić information content (AvgIpc) is 2.79. The summed E-state index contributed by atoms with van der Waals surface area (Å²) in [7, 11) is -3.81. The second kappa shape index (κ2) is 5.47. The molecule has 2 rings (SSSR count). The summed E-state index contributed by atoms with van der Waals surface area (Å²) >= 11 is 5.77. The minimum atomic E-state index is -3.81. The van der Waals surface area contributed by atoms with Crippen molar-refractivity contribution in [1.29, 1.82) is 0 Å². The van der Waals surface area contributed by atoms with E-state index in [-0.39, 0.29) is 10.6 Å². The van der Waals surface area contributed by atoms with Crippen LogP contribution in [-0.4, -0.2) is 15.0 Å². The average molecular weight is 290 g/mol. The van der Waals surface area contributed by atoms with E-state index in [9.17, 15) is 8.42 Å². The SMILES string of the molecule is NS(=O)(=O)c1cc(Cl)ccc1OCC1CCCC1. The van der Waals surface area contributed by atoms with Crippen molar-refractivity contribution in [2.45, 2.75) is 30.6 Å². The molecule has 0 unspecified atom stereocenters. The van der Waals surface area contributed by atoms with Crippen LogP contribution in [0, 0.1) is 5.92 Å². The minimum absolute atomic E-state index is 0.0482. The van der Waals surface area contributed by atoms with Crippen LogP contribution in [0.25, 0.3) is 0 Å². The molecule has 0 aliphatic heterocycles. The monoisotopic (exact) mass is 289 g/mol. The van der Waals surface area contributed by atoms with Crippen LogP contribution < -0.4 is 9.88 Å². The highest BCUT2D eigenvalue weighted by Crippen LogP contribution is 2.29. The number of nitrogens with two attached hydrogens (primary N) is 1. The Hall–Kier alpha value is -0.780. The Labute approximate surface area is 112 Å². The number of hydrogen-bond donors (Lipinski definition) is 1. The zero-order chi connectivity index (χ0) is 13.2. The van der Waals surface area contributed by atoms with Gasteiger partial charge < -0.3 is 4.74 Å². The topological polar surface area (TPSA) is 69.4 Å². The summed E-state index contributed by atoms with van der Waals surface area (Å²) in [5, 5.41) is 5.47. The molecule has 0 radical (unpaired) electrons. The van der Waals surface area contributed by atoms with E-state index in [1.807, 2.05) is 0 Å². The molecule has 2 N–H and O–H groups in total. The summed E-state index contributed by atoms with van der Waals surface area (Å²) < 4.78 is 28.5. The molecule has 1 aromatic rings. The first-order valence-corrected chi connectivity index (χ1v) is 7.84. The highest BCUT2D eigenvalue weighted by molar-refractivity contribution is 7.89. The molecule has 18 heavy (non-hydrogen) atoms. The molecule has 1 aliphatic carbocycles. The van der Waals surface area contributed by atoms with E-state index < -0.39 is 10.0 Å². The lowest BCUT2D eigenvalue weighted by Crippen LogP contribution is -2.15. The number of sulfonamides is 1. The van der Waals surface area contributed by atoms with E-state index in [2.05, 4.69) is 0 Å². The summed E-state index contributed by atoms with van der Waals surface area (Å²) in [5.74, 6) is 0.794. The molecule has 4 nitrogen and oxygen atoms in total. The van der Waals surface area contributed by atoms with Crippen LogP contribution in [0.5, 0.6) is 5.75 Å². The fraction of sp³-hybridized carbons (Fsp3) is 0.500. The Kier molecular flexibility index (Phi) is 4.14. The van der Waals surface area contributed by atoms with Gasteiger partial charge in [-0.1, -0.05) is 24.4 Å². The Morgan fingerprint density at radius 3 is 2.61 bits per heavy atom. The predicted molar refractivity (Wildman–Crippen MR) is 70.3 cm³/mol. The normalized spacial score (nSPS) is 17.0. The largest absolute Gasteiger partial charge is 0.492 e. The highest BCUT2D eigenvalue weighted by Gasteiger charge is 2.19. The van der Waals surface area contributed by atoms with E-state index >= 15 is 0 Å². The van der Waals surface area contributed by atoms with E-state index in [1.165, 1.54) is 18.9 Å². The van der Waals surface area contributed by atoms with Crippen LogP contribution in [0.15, 0.2) is 23.1 Å². The van der Waals surface area contributed by atoms with Crippen LogP contribution in [0.3, 0.4) is 0 Å². The maximum Gasteiger partial charge on any atom is 0.241 e. The minimum Gasteiger partial charge on any atom is -0.492 e. The molecule has 1 aliphatic rings. The van der Waals surface area contributed by atoms with Crippen molar-refractivity contribution in [2.24, 2.45) is 11.1 Å². The van der Waals surface area contributed by atoms with Crippen molar-refractivity contribution < 1.29 is 13.2 Å². The van der Waals surface area contributed by atoms with Gasteiger partial charge in [-0.3, -0.25) is 0 Å². The lowest BCUT2D eigenvalue weighted by Gasteiger charge is -2.14. The van der Waals surface area contributed by atoms with Gasteiger partial charge >= 0.3 is 0 Å². The maximum atomic E-state index is 11.4. The molecule has 100 valence electrons. The summed E-state index contributed by atoms with van der Waals surface area (Å²) in [6.45, 7) is 0.532. The molecule has 0 atom stereocenters. The zero-order valence-electron chi connectivity index (χ0n) is 9.93. The Morgan fingerprint density at radius 2 is 2.00 bits per heavy atom. The molecule has 1 saturated carbocycles. The van der Waals surface area contributed by atoms with E-state index in [0.29, 0.717) is 17.5 Å². The van der Waals surface area contributed by atoms with Crippen LogP contribution in [0.1, 0.15) is 25.7 Å². The summed E-state index contributed by atoms with van der Waals surface area (Å²) in [5.41, 5.74) is 0. The van der Waals surface area contributed by atoms with Gasteiger partial charge in [0.1, 0.15) is 10.6 Å². The smallest absolute Gasteiger partial charge is 0.241 e. The number of primary sulfonamides is 1. The van der Waals surface area contributed by atoms with Crippen molar-refractivity contribution in [3.63, 3.8) is 0 Å². The van der Waals surface area contributed by atoms with Gasteiger partial charge in [0.25, 0.3) is 0 Å². The van der Waals surface area contributed by atoms with Gasteiger partial charge in [0.15, 0.2) is 0 Å². The quantitative estimate of drug-likeness (QED) is 0.926. The van der Waals surface area contributed by atoms with Gasteiger partial charge in [0.05, 0.1) is 6.61 Å². The zero-order valence-corrected chi connectivity index (χ0v) is 11.5. The molecule has 0 heterocycles. The third kappa shape index (κ3) is 3.37. The number of rotatable bonds is 4. The second-order valence-electron chi connectivity index (χ2n) is 4.60. The first-order valence-electron chi connectivity index (χ1n) is 5.92. The van der Waals surface area contributed by atoms with Gasteiger partial charge in [-0.05, 0) is 37.0 Å². The third-order valence-corrected chi connectivity index (χ3v) is 4.33. The summed E-state index contributed by atoms with van der Waals surface area (Å²) in [6, 6.07) is 4.47. The lowest BCUT2D eigenvalue weighted by molar-refractivity contribution is 0.246. The first kappa shape index (κ1) is 13.6. The summed E-state index contributed by atoms with van der Waals surface area (Å²) in [4.78, 5) is -0.0482. The first-order chi connectivity index (χ1) is 8.47. The fourth-order valence-corrected chi connectivity index (χ4v) is 3.14. The van der Waals surface area contributed by atoms with Gasteiger partial charge in [-0.25, -0.2) is 13.6 Å². The van der Waals surface area contributed by atoms with Gasteiger partial charge in [0, 0.05) is 5.02 Å². The standard InChI is InChI=1S/C12H16ClNO3S/c13-10-5-6-11(12(7-10)18(14,15)16)17-8-9-3-1-2-4-9/h5-7,9H,1-4,8H2,(H2,14,15,16). The Bertz CT molecular complexity index is 524. The highest BCUT2D eigenvalue weighted by atomic mass is 35.5. The van der Waals surface area contributed by atoms with Crippen molar-refractivity contribution >= 4 is 21.6 Å². The number of halogens is 1. The van der Waals surface area contributed by atoms with Crippen LogP contribution in [-0.2, 0) is 10.0 Å².